The minimum absolute atomic E-state index is 0.127. The van der Waals surface area contributed by atoms with Crippen molar-refractivity contribution < 1.29 is 9.53 Å². The largest absolute Gasteiger partial charge is 0.495 e. The molecular formula is C23H29N3O2. The van der Waals surface area contributed by atoms with E-state index in [1.54, 1.807) is 25.3 Å². The Bertz CT molecular complexity index is 797. The standard InChI is InChI=1S/C23H29N3O2/c1-28-23-10-9-20(18-21(23)24)22(27)11-13-26-16-14-25(15-17-26)12-5-8-19-6-3-2-4-7-19/h2-10,18H,11-17,24H2,1H3/b8-5+. The van der Waals surface area contributed by atoms with Crippen molar-refractivity contribution in [3.8, 4) is 5.75 Å². The molecule has 0 aromatic heterocycles. The predicted octanol–water partition coefficient (Wildman–Crippen LogP) is 3.18. The third kappa shape index (κ3) is 5.68. The molecule has 3 rings (SSSR count). The highest BCUT2D eigenvalue weighted by atomic mass is 16.5. The number of methoxy groups -OCH3 is 1. The second-order valence-electron chi connectivity index (χ2n) is 7.09. The lowest BCUT2D eigenvalue weighted by Gasteiger charge is -2.34. The van der Waals surface area contributed by atoms with Crippen LogP contribution in [0.1, 0.15) is 22.3 Å². The molecule has 0 bridgehead atoms. The molecule has 0 spiro atoms. The van der Waals surface area contributed by atoms with E-state index in [4.69, 9.17) is 10.5 Å². The number of Topliss-reactive ketones (excluding diaryl/α,β-unsaturated/α-hetero) is 1. The first-order valence-corrected chi connectivity index (χ1v) is 9.79. The summed E-state index contributed by atoms with van der Waals surface area (Å²) in [6.45, 7) is 5.81. The molecule has 1 aliphatic heterocycles. The van der Waals surface area contributed by atoms with Gasteiger partial charge in [-0.15, -0.1) is 0 Å². The Hall–Kier alpha value is -2.63. The fourth-order valence-electron chi connectivity index (χ4n) is 3.41. The summed E-state index contributed by atoms with van der Waals surface area (Å²) in [6, 6.07) is 15.6. The lowest BCUT2D eigenvalue weighted by atomic mass is 10.1. The van der Waals surface area contributed by atoms with Gasteiger partial charge >= 0.3 is 0 Å². The van der Waals surface area contributed by atoms with Crippen LogP contribution in [0.5, 0.6) is 5.75 Å². The Morgan fingerprint density at radius 2 is 1.79 bits per heavy atom. The zero-order valence-corrected chi connectivity index (χ0v) is 16.5. The Kier molecular flexibility index (Phi) is 7.23. The van der Waals surface area contributed by atoms with Gasteiger partial charge in [0.05, 0.1) is 12.8 Å². The first kappa shape index (κ1) is 20.1. The van der Waals surface area contributed by atoms with Crippen molar-refractivity contribution in [2.24, 2.45) is 0 Å². The highest BCUT2D eigenvalue weighted by Gasteiger charge is 2.17. The summed E-state index contributed by atoms with van der Waals surface area (Å²) < 4.78 is 5.14. The molecule has 0 radical (unpaired) electrons. The Balaban J connectivity index is 1.39. The molecule has 2 aromatic rings. The molecule has 0 aliphatic carbocycles. The minimum Gasteiger partial charge on any atom is -0.495 e. The number of piperazine rings is 1. The van der Waals surface area contributed by atoms with E-state index in [0.29, 0.717) is 23.4 Å². The van der Waals surface area contributed by atoms with Crippen LogP contribution >= 0.6 is 0 Å². The van der Waals surface area contributed by atoms with Gasteiger partial charge in [-0.2, -0.15) is 0 Å². The van der Waals surface area contributed by atoms with E-state index in [2.05, 4.69) is 46.2 Å². The number of nitrogen functional groups attached to an aromatic ring is 1. The smallest absolute Gasteiger partial charge is 0.164 e. The lowest BCUT2D eigenvalue weighted by molar-refractivity contribution is 0.0935. The number of nitrogens with zero attached hydrogens (tertiary/aromatic N) is 2. The Morgan fingerprint density at radius 3 is 2.46 bits per heavy atom. The number of carbonyl (C=O) groups excluding carboxylic acids is 1. The molecule has 0 saturated carbocycles. The van der Waals surface area contributed by atoms with Crippen LogP contribution in [0.3, 0.4) is 0 Å². The van der Waals surface area contributed by atoms with Crippen LogP contribution in [-0.2, 0) is 0 Å². The summed E-state index contributed by atoms with van der Waals surface area (Å²) in [6.07, 6.45) is 4.91. The molecule has 5 heteroatoms. The maximum Gasteiger partial charge on any atom is 0.164 e. The van der Waals surface area contributed by atoms with E-state index in [0.717, 1.165) is 39.3 Å². The van der Waals surface area contributed by atoms with E-state index in [1.165, 1.54) is 5.56 Å². The van der Waals surface area contributed by atoms with Crippen molar-refractivity contribution in [1.82, 2.24) is 9.80 Å². The average molecular weight is 380 g/mol. The second kappa shape index (κ2) is 10.1. The maximum absolute atomic E-state index is 12.4. The number of anilines is 1. The summed E-state index contributed by atoms with van der Waals surface area (Å²) in [7, 11) is 1.57. The van der Waals surface area contributed by atoms with Gasteiger partial charge < -0.3 is 15.4 Å². The van der Waals surface area contributed by atoms with Gasteiger partial charge in [0.15, 0.2) is 5.78 Å². The van der Waals surface area contributed by atoms with Crippen LogP contribution in [0.4, 0.5) is 5.69 Å². The summed E-state index contributed by atoms with van der Waals surface area (Å²) in [4.78, 5) is 17.2. The molecule has 1 fully saturated rings. The van der Waals surface area contributed by atoms with Crippen molar-refractivity contribution >= 4 is 17.5 Å². The van der Waals surface area contributed by atoms with Crippen LogP contribution < -0.4 is 10.5 Å². The third-order valence-electron chi connectivity index (χ3n) is 5.15. The molecule has 1 aliphatic rings. The van der Waals surface area contributed by atoms with Crippen LogP contribution in [0.15, 0.2) is 54.6 Å². The molecule has 5 nitrogen and oxygen atoms in total. The zero-order valence-electron chi connectivity index (χ0n) is 16.5. The molecule has 0 atom stereocenters. The lowest BCUT2D eigenvalue weighted by Crippen LogP contribution is -2.46. The van der Waals surface area contributed by atoms with Gasteiger partial charge in [0.2, 0.25) is 0 Å². The van der Waals surface area contributed by atoms with Crippen LogP contribution in [0.2, 0.25) is 0 Å². The number of carbonyl (C=O) groups is 1. The summed E-state index contributed by atoms with van der Waals surface area (Å²) in [5.41, 5.74) is 8.30. The summed E-state index contributed by atoms with van der Waals surface area (Å²) >= 11 is 0. The molecule has 2 N–H and O–H groups in total. The quantitative estimate of drug-likeness (QED) is 0.564. The predicted molar refractivity (Wildman–Crippen MR) is 115 cm³/mol. The number of ketones is 1. The monoisotopic (exact) mass is 379 g/mol. The molecule has 148 valence electrons. The number of benzene rings is 2. The van der Waals surface area contributed by atoms with Crippen LogP contribution in [0, 0.1) is 0 Å². The average Bonchev–Trinajstić information content (AvgIpc) is 2.73. The molecule has 1 saturated heterocycles. The molecule has 1 heterocycles. The van der Waals surface area contributed by atoms with E-state index in [-0.39, 0.29) is 5.78 Å². The highest BCUT2D eigenvalue weighted by molar-refractivity contribution is 5.97. The molecule has 0 amide bonds. The highest BCUT2D eigenvalue weighted by Crippen LogP contribution is 2.22. The zero-order chi connectivity index (χ0) is 19.8. The number of hydrogen-bond acceptors (Lipinski definition) is 5. The van der Waals surface area contributed by atoms with Gasteiger partial charge in [0.25, 0.3) is 0 Å². The third-order valence-corrected chi connectivity index (χ3v) is 5.15. The van der Waals surface area contributed by atoms with Crippen LogP contribution in [0.25, 0.3) is 6.08 Å². The van der Waals surface area contributed by atoms with Gasteiger partial charge in [-0.05, 0) is 23.8 Å². The van der Waals surface area contributed by atoms with Gasteiger partial charge in [-0.25, -0.2) is 0 Å². The topological polar surface area (TPSA) is 58.8 Å². The number of rotatable bonds is 8. The second-order valence-corrected chi connectivity index (χ2v) is 7.09. The fourth-order valence-corrected chi connectivity index (χ4v) is 3.41. The number of ether oxygens (including phenoxy) is 1. The van der Waals surface area contributed by atoms with E-state index >= 15 is 0 Å². The summed E-state index contributed by atoms with van der Waals surface area (Å²) in [5.74, 6) is 0.733. The van der Waals surface area contributed by atoms with Crippen molar-refractivity contribution in [2.75, 3.05) is 52.1 Å². The molecule has 2 aromatic carbocycles. The van der Waals surface area contributed by atoms with Crippen molar-refractivity contribution in [2.45, 2.75) is 6.42 Å². The SMILES string of the molecule is COc1ccc(C(=O)CCN2CCN(C/C=C/c3ccccc3)CC2)cc1N. The fraction of sp³-hybridized carbons (Fsp3) is 0.348. The Labute approximate surface area is 167 Å². The molecule has 0 unspecified atom stereocenters. The van der Waals surface area contributed by atoms with E-state index in [9.17, 15) is 4.79 Å². The van der Waals surface area contributed by atoms with Crippen LogP contribution in [-0.4, -0.2) is 62.0 Å². The maximum atomic E-state index is 12.4. The van der Waals surface area contributed by atoms with Gasteiger partial charge in [0, 0.05) is 51.3 Å². The van der Waals surface area contributed by atoms with Gasteiger partial charge in [-0.1, -0.05) is 42.5 Å². The summed E-state index contributed by atoms with van der Waals surface area (Å²) in [5, 5.41) is 0. The minimum atomic E-state index is 0.127. The van der Waals surface area contributed by atoms with Crippen molar-refractivity contribution in [3.63, 3.8) is 0 Å². The first-order chi connectivity index (χ1) is 13.7. The number of nitrogens with two attached hydrogens (primary N) is 1. The van der Waals surface area contributed by atoms with Gasteiger partial charge in [0.1, 0.15) is 5.75 Å². The molecule has 28 heavy (non-hydrogen) atoms. The normalized spacial score (nSPS) is 15.8. The Morgan fingerprint density at radius 1 is 1.07 bits per heavy atom. The van der Waals surface area contributed by atoms with Crippen molar-refractivity contribution in [1.29, 1.82) is 0 Å². The van der Waals surface area contributed by atoms with Crippen molar-refractivity contribution in [3.05, 3.63) is 65.7 Å². The number of hydrogen-bond donors (Lipinski definition) is 1. The molecular weight excluding hydrogens is 350 g/mol. The van der Waals surface area contributed by atoms with Gasteiger partial charge in [-0.3, -0.25) is 9.69 Å². The van der Waals surface area contributed by atoms with E-state index < -0.39 is 0 Å². The first-order valence-electron chi connectivity index (χ1n) is 9.79. The van der Waals surface area contributed by atoms with E-state index in [1.807, 2.05) is 6.07 Å².